The molecule has 1 fully saturated rings. The van der Waals surface area contributed by atoms with E-state index in [4.69, 9.17) is 9.84 Å². The Bertz CT molecular complexity index is 983. The third-order valence-corrected chi connectivity index (χ3v) is 5.74. The lowest BCUT2D eigenvalue weighted by atomic mass is 9.97. The van der Waals surface area contributed by atoms with Gasteiger partial charge in [-0.2, -0.15) is 0 Å². The Morgan fingerprint density at radius 3 is 2.61 bits per heavy atom. The van der Waals surface area contributed by atoms with Gasteiger partial charge in [0.05, 0.1) is 24.4 Å². The Morgan fingerprint density at radius 2 is 2.00 bits per heavy atom. The SMILES string of the molecule is CCC(=O)CC[C@H]1CN(c2cc(F)c(C3=CCN(C(=O)[C@@H](O)CO)CC3)c(F)c2F)C(=O)O1. The number of amides is 2. The van der Waals surface area contributed by atoms with E-state index in [-0.39, 0.29) is 50.3 Å². The summed E-state index contributed by atoms with van der Waals surface area (Å²) in [6, 6.07) is 0.725. The standard InChI is InChI=1S/C22H25F3N2O6/c1-2-13(29)3-4-14-10-27(22(32)33-14)16-9-15(23)18(20(25)19(16)24)12-5-7-26(8-6-12)21(31)17(30)11-28/h5,9,14,17,28,30H,2-4,6-8,10-11H2,1H3/t14-,17-/m0/s1. The number of hydrogen-bond acceptors (Lipinski definition) is 6. The number of cyclic esters (lactones) is 1. The van der Waals surface area contributed by atoms with Crippen molar-refractivity contribution >= 4 is 29.0 Å². The summed E-state index contributed by atoms with van der Waals surface area (Å²) >= 11 is 0. The maximum absolute atomic E-state index is 14.9. The molecule has 1 aromatic rings. The molecule has 1 aromatic carbocycles. The molecule has 0 radical (unpaired) electrons. The van der Waals surface area contributed by atoms with E-state index < -0.39 is 59.5 Å². The van der Waals surface area contributed by atoms with E-state index in [9.17, 15) is 32.7 Å². The molecular weight excluding hydrogens is 445 g/mol. The molecule has 0 unspecified atom stereocenters. The third kappa shape index (κ3) is 5.19. The molecule has 2 heterocycles. The molecule has 33 heavy (non-hydrogen) atoms. The molecule has 2 amide bonds. The Morgan fingerprint density at radius 1 is 1.27 bits per heavy atom. The molecule has 8 nitrogen and oxygen atoms in total. The van der Waals surface area contributed by atoms with Gasteiger partial charge < -0.3 is 19.8 Å². The summed E-state index contributed by atoms with van der Waals surface area (Å²) in [6.45, 7) is 0.743. The summed E-state index contributed by atoms with van der Waals surface area (Å²) in [5, 5.41) is 18.3. The van der Waals surface area contributed by atoms with Crippen LogP contribution in [0.15, 0.2) is 12.1 Å². The number of anilines is 1. The molecule has 0 aromatic heterocycles. The molecule has 0 aliphatic carbocycles. The zero-order valence-electron chi connectivity index (χ0n) is 18.0. The highest BCUT2D eigenvalue weighted by atomic mass is 19.2. The van der Waals surface area contributed by atoms with Crippen LogP contribution in [0, 0.1) is 17.5 Å². The number of Topliss-reactive ketones (excluding diaryl/α,β-unsaturated/α-hetero) is 1. The van der Waals surface area contributed by atoms with Crippen molar-refractivity contribution < 1.29 is 42.5 Å². The number of benzene rings is 1. The molecule has 2 N–H and O–H groups in total. The van der Waals surface area contributed by atoms with Crippen molar-refractivity contribution in [1.82, 2.24) is 4.90 Å². The van der Waals surface area contributed by atoms with Crippen molar-refractivity contribution in [2.24, 2.45) is 0 Å². The Kier molecular flexibility index (Phi) is 7.75. The molecule has 0 saturated carbocycles. The van der Waals surface area contributed by atoms with Gasteiger partial charge in [-0.05, 0) is 18.4 Å². The van der Waals surface area contributed by atoms with Gasteiger partial charge in [-0.1, -0.05) is 13.0 Å². The van der Waals surface area contributed by atoms with Gasteiger partial charge in [0.2, 0.25) is 0 Å². The van der Waals surface area contributed by atoms with Crippen LogP contribution in [0.3, 0.4) is 0 Å². The van der Waals surface area contributed by atoms with Crippen LogP contribution in [0.25, 0.3) is 5.57 Å². The summed E-state index contributed by atoms with van der Waals surface area (Å²) in [5.74, 6) is -4.71. The number of carbonyl (C=O) groups is 3. The van der Waals surface area contributed by atoms with Crippen molar-refractivity contribution in [2.75, 3.05) is 31.1 Å². The van der Waals surface area contributed by atoms with Gasteiger partial charge in [-0.25, -0.2) is 18.0 Å². The van der Waals surface area contributed by atoms with Gasteiger partial charge in [0.1, 0.15) is 17.7 Å². The van der Waals surface area contributed by atoms with Crippen molar-refractivity contribution in [3.05, 3.63) is 35.2 Å². The number of ether oxygens (including phenoxy) is 1. The van der Waals surface area contributed by atoms with Crippen LogP contribution in [-0.4, -0.2) is 71.3 Å². The summed E-state index contributed by atoms with van der Waals surface area (Å²) in [6.07, 6.45) is -1.16. The first-order valence-electron chi connectivity index (χ1n) is 10.6. The normalized spacial score (nSPS) is 19.4. The fraction of sp³-hybridized carbons (Fsp3) is 0.500. The summed E-state index contributed by atoms with van der Waals surface area (Å²) in [7, 11) is 0. The number of rotatable bonds is 8. The van der Waals surface area contributed by atoms with Gasteiger partial charge >= 0.3 is 6.09 Å². The van der Waals surface area contributed by atoms with E-state index in [0.29, 0.717) is 6.42 Å². The van der Waals surface area contributed by atoms with Crippen LogP contribution in [0.1, 0.15) is 38.2 Å². The lowest BCUT2D eigenvalue weighted by Crippen LogP contribution is -2.42. The molecule has 2 aliphatic rings. The topological polar surface area (TPSA) is 107 Å². The maximum atomic E-state index is 14.9. The molecular formula is C22H25F3N2O6. The molecule has 180 valence electrons. The number of aliphatic hydroxyl groups is 2. The summed E-state index contributed by atoms with van der Waals surface area (Å²) in [4.78, 5) is 37.6. The second-order valence-corrected chi connectivity index (χ2v) is 7.89. The number of carbonyl (C=O) groups excluding carboxylic acids is 3. The average Bonchev–Trinajstić information content (AvgIpc) is 3.19. The van der Waals surface area contributed by atoms with Crippen molar-refractivity contribution in [3.63, 3.8) is 0 Å². The zero-order chi connectivity index (χ0) is 24.3. The quantitative estimate of drug-likeness (QED) is 0.564. The minimum absolute atomic E-state index is 0.00416. The van der Waals surface area contributed by atoms with Gasteiger partial charge in [0, 0.05) is 32.0 Å². The van der Waals surface area contributed by atoms with Gasteiger partial charge in [-0.15, -0.1) is 0 Å². The second-order valence-electron chi connectivity index (χ2n) is 7.89. The fourth-order valence-corrected chi connectivity index (χ4v) is 3.83. The smallest absolute Gasteiger partial charge is 0.414 e. The fourth-order valence-electron chi connectivity index (χ4n) is 3.83. The second kappa shape index (κ2) is 10.3. The van der Waals surface area contributed by atoms with E-state index >= 15 is 0 Å². The highest BCUT2D eigenvalue weighted by molar-refractivity contribution is 5.90. The van der Waals surface area contributed by atoms with Gasteiger partial charge in [0.15, 0.2) is 17.7 Å². The predicted octanol–water partition coefficient (Wildman–Crippen LogP) is 2.16. The molecule has 1 saturated heterocycles. The van der Waals surface area contributed by atoms with Crippen molar-refractivity contribution in [3.8, 4) is 0 Å². The molecule has 2 atom stereocenters. The largest absolute Gasteiger partial charge is 0.444 e. The Hall–Kier alpha value is -2.92. The number of halogens is 3. The number of aliphatic hydroxyl groups excluding tert-OH is 2. The lowest BCUT2D eigenvalue weighted by molar-refractivity contribution is -0.141. The molecule has 3 rings (SSSR count). The van der Waals surface area contributed by atoms with E-state index in [1.54, 1.807) is 6.92 Å². The zero-order valence-corrected chi connectivity index (χ0v) is 18.0. The van der Waals surface area contributed by atoms with E-state index in [1.807, 2.05) is 0 Å². The summed E-state index contributed by atoms with van der Waals surface area (Å²) in [5.41, 5.74) is -1.05. The van der Waals surface area contributed by atoms with Crippen LogP contribution >= 0.6 is 0 Å². The number of ketones is 1. The van der Waals surface area contributed by atoms with Crippen LogP contribution in [0.5, 0.6) is 0 Å². The highest BCUT2D eigenvalue weighted by Crippen LogP contribution is 2.35. The van der Waals surface area contributed by atoms with E-state index in [1.165, 1.54) is 11.0 Å². The molecule has 0 spiro atoms. The monoisotopic (exact) mass is 470 g/mol. The third-order valence-electron chi connectivity index (χ3n) is 5.74. The molecule has 0 bridgehead atoms. The molecule has 2 aliphatic heterocycles. The van der Waals surface area contributed by atoms with Gasteiger partial charge in [0.25, 0.3) is 5.91 Å². The molecule has 11 heteroatoms. The first kappa shape index (κ1) is 24.7. The van der Waals surface area contributed by atoms with Gasteiger partial charge in [-0.3, -0.25) is 14.5 Å². The van der Waals surface area contributed by atoms with E-state index in [0.717, 1.165) is 11.0 Å². The number of hydrogen-bond donors (Lipinski definition) is 2. The van der Waals surface area contributed by atoms with Crippen LogP contribution in [0.4, 0.5) is 23.7 Å². The minimum atomic E-state index is -1.59. The number of nitrogens with zero attached hydrogens (tertiary/aromatic N) is 2. The van der Waals surface area contributed by atoms with E-state index in [2.05, 4.69) is 0 Å². The van der Waals surface area contributed by atoms with Crippen LogP contribution in [0.2, 0.25) is 0 Å². The summed E-state index contributed by atoms with van der Waals surface area (Å²) < 4.78 is 49.7. The Labute approximate surface area is 188 Å². The van der Waals surface area contributed by atoms with Crippen molar-refractivity contribution in [2.45, 2.75) is 44.8 Å². The first-order valence-corrected chi connectivity index (χ1v) is 10.6. The highest BCUT2D eigenvalue weighted by Gasteiger charge is 2.36. The average molecular weight is 470 g/mol. The minimum Gasteiger partial charge on any atom is -0.444 e. The Balaban J connectivity index is 1.79. The van der Waals surface area contributed by atoms with Crippen molar-refractivity contribution in [1.29, 1.82) is 0 Å². The lowest BCUT2D eigenvalue weighted by Gasteiger charge is -2.28. The first-order chi connectivity index (χ1) is 15.7. The van der Waals surface area contributed by atoms with Crippen LogP contribution < -0.4 is 4.90 Å². The maximum Gasteiger partial charge on any atom is 0.414 e. The van der Waals surface area contributed by atoms with Crippen LogP contribution in [-0.2, 0) is 14.3 Å². The predicted molar refractivity (Wildman–Crippen MR) is 111 cm³/mol.